The third-order valence-corrected chi connectivity index (χ3v) is 7.91. The maximum Gasteiger partial charge on any atom is 0.318 e. The fourth-order valence-electron chi connectivity index (χ4n) is 5.11. The Labute approximate surface area is 288 Å². The number of carbonyl (C=O) groups is 5. The molecule has 0 saturated carbocycles. The number of likely N-dealkylation sites (N-methyl/N-ethyl adjacent to an activating group) is 1. The van der Waals surface area contributed by atoms with E-state index in [-0.39, 0.29) is 47.1 Å². The van der Waals surface area contributed by atoms with Crippen molar-refractivity contribution in [2.75, 3.05) is 25.5 Å². The normalized spacial score (nSPS) is 13.3. The molecule has 12 heteroatoms. The molecule has 0 aliphatic heterocycles. The van der Waals surface area contributed by atoms with E-state index in [0.717, 1.165) is 11.1 Å². The van der Waals surface area contributed by atoms with E-state index in [4.69, 9.17) is 0 Å². The second-order valence-corrected chi connectivity index (χ2v) is 12.2. The van der Waals surface area contributed by atoms with Crippen LogP contribution in [0.15, 0.2) is 78.9 Å². The Morgan fingerprint density at radius 2 is 1.31 bits per heavy atom. The number of benzene rings is 3. The molecule has 0 bridgehead atoms. The number of hydrogen-bond acceptors (Lipinski definition) is 6. The van der Waals surface area contributed by atoms with E-state index in [2.05, 4.69) is 37.2 Å². The molecule has 0 heterocycles. The first-order valence-electron chi connectivity index (χ1n) is 16.6. The minimum absolute atomic E-state index is 0.116. The Hall–Kier alpha value is -5.23. The maximum absolute atomic E-state index is 13.8. The van der Waals surface area contributed by atoms with Gasteiger partial charge in [0.15, 0.2) is 0 Å². The molecule has 0 aromatic heterocycles. The molecule has 3 rings (SSSR count). The first kappa shape index (κ1) is 38.2. The zero-order valence-corrected chi connectivity index (χ0v) is 29.1. The molecule has 0 fully saturated rings. The molecule has 1 unspecified atom stereocenters. The lowest BCUT2D eigenvalue weighted by Crippen LogP contribution is -2.55. The Morgan fingerprint density at radius 1 is 0.714 bits per heavy atom. The molecule has 0 saturated heterocycles. The van der Waals surface area contributed by atoms with E-state index >= 15 is 0 Å². The van der Waals surface area contributed by atoms with Crippen LogP contribution in [0.2, 0.25) is 0 Å². The Balaban J connectivity index is 1.81. The van der Waals surface area contributed by atoms with Gasteiger partial charge in [0.25, 0.3) is 11.8 Å². The van der Waals surface area contributed by atoms with Crippen LogP contribution in [0.4, 0.5) is 10.5 Å². The third-order valence-electron chi connectivity index (χ3n) is 7.91. The zero-order valence-electron chi connectivity index (χ0n) is 29.1. The fraction of sp³-hybridized carbons (Fsp3) is 0.378. The zero-order chi connectivity index (χ0) is 35.9. The van der Waals surface area contributed by atoms with Crippen molar-refractivity contribution in [3.63, 3.8) is 0 Å². The van der Waals surface area contributed by atoms with Crippen LogP contribution in [0.25, 0.3) is 0 Å². The minimum atomic E-state index is -0.686. The quantitative estimate of drug-likeness (QED) is 0.123. The molecular weight excluding hydrogens is 622 g/mol. The summed E-state index contributed by atoms with van der Waals surface area (Å²) in [6, 6.07) is 20.9. The predicted molar refractivity (Wildman–Crippen MR) is 191 cm³/mol. The van der Waals surface area contributed by atoms with E-state index in [1.165, 1.54) is 25.2 Å². The fourth-order valence-corrected chi connectivity index (χ4v) is 5.11. The summed E-state index contributed by atoms with van der Waals surface area (Å²) < 4.78 is 0. The highest BCUT2D eigenvalue weighted by atomic mass is 16.2. The van der Waals surface area contributed by atoms with Crippen LogP contribution in [-0.4, -0.2) is 67.9 Å². The molecule has 0 aliphatic rings. The highest BCUT2D eigenvalue weighted by molar-refractivity contribution is 6.02. The van der Waals surface area contributed by atoms with Crippen LogP contribution in [0.1, 0.15) is 72.5 Å². The van der Waals surface area contributed by atoms with Crippen molar-refractivity contribution < 1.29 is 24.0 Å². The molecule has 3 aromatic carbocycles. The number of rotatable bonds is 16. The van der Waals surface area contributed by atoms with Crippen molar-refractivity contribution in [2.24, 2.45) is 5.92 Å². The van der Waals surface area contributed by atoms with Gasteiger partial charge >= 0.3 is 6.03 Å². The maximum atomic E-state index is 13.8. The highest BCUT2D eigenvalue weighted by Crippen LogP contribution is 2.18. The van der Waals surface area contributed by atoms with Crippen molar-refractivity contribution in [3.05, 3.63) is 101 Å². The summed E-state index contributed by atoms with van der Waals surface area (Å²) in [5.74, 6) is -1.59. The average molecular weight is 672 g/mol. The Morgan fingerprint density at radius 3 is 1.88 bits per heavy atom. The SMILES string of the molecule is CCNC(=O)[C@@H](NC(=O)C(C)NC[C@H](Cc1ccccc1)NC(=O)c1cc(NC(=O)NC)cc(C(=O)N[C@H](C)c2ccccc2)c1)C(C)C. The van der Waals surface area contributed by atoms with E-state index in [1.807, 2.05) is 88.4 Å². The monoisotopic (exact) mass is 671 g/mol. The summed E-state index contributed by atoms with van der Waals surface area (Å²) in [6.07, 6.45) is 0.444. The second-order valence-electron chi connectivity index (χ2n) is 12.2. The van der Waals surface area contributed by atoms with Gasteiger partial charge in [0.2, 0.25) is 11.8 Å². The molecule has 262 valence electrons. The van der Waals surface area contributed by atoms with E-state index in [0.29, 0.717) is 13.0 Å². The van der Waals surface area contributed by atoms with Crippen molar-refractivity contribution >= 4 is 35.3 Å². The summed E-state index contributed by atoms with van der Waals surface area (Å²) >= 11 is 0. The van der Waals surface area contributed by atoms with Crippen LogP contribution in [0.3, 0.4) is 0 Å². The molecule has 3 aromatic rings. The molecule has 0 radical (unpaired) electrons. The van der Waals surface area contributed by atoms with Gasteiger partial charge in [-0.15, -0.1) is 0 Å². The van der Waals surface area contributed by atoms with Gasteiger partial charge in [-0.3, -0.25) is 19.2 Å². The number of nitrogens with one attached hydrogen (secondary N) is 7. The average Bonchev–Trinajstić information content (AvgIpc) is 3.09. The van der Waals surface area contributed by atoms with Crippen LogP contribution in [-0.2, 0) is 16.0 Å². The van der Waals surface area contributed by atoms with Gasteiger partial charge < -0.3 is 37.2 Å². The lowest BCUT2D eigenvalue weighted by Gasteiger charge is -2.25. The van der Waals surface area contributed by atoms with Crippen molar-refractivity contribution in [3.8, 4) is 0 Å². The smallest absolute Gasteiger partial charge is 0.318 e. The Bertz CT molecular complexity index is 1570. The predicted octanol–water partition coefficient (Wildman–Crippen LogP) is 3.53. The summed E-state index contributed by atoms with van der Waals surface area (Å²) in [6.45, 7) is 9.78. The molecule has 7 N–H and O–H groups in total. The first-order chi connectivity index (χ1) is 23.4. The van der Waals surface area contributed by atoms with Crippen LogP contribution in [0.5, 0.6) is 0 Å². The van der Waals surface area contributed by atoms with Crippen LogP contribution >= 0.6 is 0 Å². The molecular formula is C37H49N7O5. The van der Waals surface area contributed by atoms with Gasteiger partial charge in [-0.2, -0.15) is 0 Å². The lowest BCUT2D eigenvalue weighted by molar-refractivity contribution is -0.130. The van der Waals surface area contributed by atoms with Gasteiger partial charge in [0, 0.05) is 43.0 Å². The third kappa shape index (κ3) is 12.1. The van der Waals surface area contributed by atoms with Crippen molar-refractivity contribution in [2.45, 2.75) is 65.2 Å². The topological polar surface area (TPSA) is 170 Å². The number of hydrogen-bond donors (Lipinski definition) is 7. The lowest BCUT2D eigenvalue weighted by atomic mass is 10.0. The van der Waals surface area contributed by atoms with Crippen LogP contribution in [0, 0.1) is 5.92 Å². The standard InChI is InChI=1S/C37H49N7O5/c1-7-39-36(48)32(23(2)3)44-33(45)25(5)40-22-31(18-26-14-10-8-11-15-26)42-35(47)29-19-28(20-30(21-29)43-37(49)38-6)34(46)41-24(4)27-16-12-9-13-17-27/h8-17,19-21,23-25,31-32,40H,7,18,22H2,1-6H3,(H,39,48)(H,41,46)(H,42,47)(H,44,45)(H2,38,43,49)/t24-,25?,31+,32+/m1/s1. The summed E-state index contributed by atoms with van der Waals surface area (Å²) in [5.41, 5.74) is 2.50. The van der Waals surface area contributed by atoms with E-state index in [9.17, 15) is 24.0 Å². The van der Waals surface area contributed by atoms with Gasteiger partial charge in [0.1, 0.15) is 6.04 Å². The van der Waals surface area contributed by atoms with E-state index in [1.54, 1.807) is 6.92 Å². The molecule has 0 aliphatic carbocycles. The minimum Gasteiger partial charge on any atom is -0.355 e. The number of anilines is 1. The molecule has 6 amide bonds. The summed E-state index contributed by atoms with van der Waals surface area (Å²) in [5, 5.41) is 19.9. The first-order valence-corrected chi connectivity index (χ1v) is 16.6. The van der Waals surface area contributed by atoms with Crippen molar-refractivity contribution in [1.29, 1.82) is 0 Å². The van der Waals surface area contributed by atoms with Crippen molar-refractivity contribution in [1.82, 2.24) is 31.9 Å². The highest BCUT2D eigenvalue weighted by Gasteiger charge is 2.26. The molecule has 49 heavy (non-hydrogen) atoms. The number of urea groups is 1. The Kier molecular flexibility index (Phi) is 14.8. The summed E-state index contributed by atoms with van der Waals surface area (Å²) in [7, 11) is 1.46. The largest absolute Gasteiger partial charge is 0.355 e. The second kappa shape index (κ2) is 18.9. The number of amides is 6. The van der Waals surface area contributed by atoms with E-state index < -0.39 is 36.0 Å². The van der Waals surface area contributed by atoms with Gasteiger partial charge in [0.05, 0.1) is 12.1 Å². The molecule has 0 spiro atoms. The number of carbonyl (C=O) groups excluding carboxylic acids is 5. The van der Waals surface area contributed by atoms with Gasteiger partial charge in [-0.25, -0.2) is 4.79 Å². The van der Waals surface area contributed by atoms with Gasteiger partial charge in [-0.05, 0) is 62.4 Å². The van der Waals surface area contributed by atoms with Gasteiger partial charge in [-0.1, -0.05) is 74.5 Å². The van der Waals surface area contributed by atoms with Crippen LogP contribution < -0.4 is 37.2 Å². The molecule has 4 atom stereocenters. The summed E-state index contributed by atoms with van der Waals surface area (Å²) in [4.78, 5) is 64.9. The molecule has 12 nitrogen and oxygen atoms in total.